The fourth-order valence-corrected chi connectivity index (χ4v) is 4.83. The van der Waals surface area contributed by atoms with E-state index >= 15 is 0 Å². The summed E-state index contributed by atoms with van der Waals surface area (Å²) in [5, 5.41) is 9.48. The Balaban J connectivity index is 1.69. The van der Waals surface area contributed by atoms with Gasteiger partial charge in [-0.2, -0.15) is 0 Å². The van der Waals surface area contributed by atoms with Crippen molar-refractivity contribution in [1.29, 1.82) is 0 Å². The van der Waals surface area contributed by atoms with Gasteiger partial charge < -0.3 is 24.8 Å². The van der Waals surface area contributed by atoms with Gasteiger partial charge in [0.25, 0.3) is 0 Å². The Morgan fingerprint density at radius 1 is 1.27 bits per heavy atom. The van der Waals surface area contributed by atoms with E-state index in [1.807, 2.05) is 34.6 Å². The Hall–Kier alpha value is -2.68. The molecule has 5 atom stereocenters. The van der Waals surface area contributed by atoms with E-state index in [0.29, 0.717) is 5.76 Å². The number of rotatable bonds is 4. The summed E-state index contributed by atoms with van der Waals surface area (Å²) in [5.41, 5.74) is -1.64. The standard InChI is InChI=1S/C21H28N4O5/c1-10(2)25-16(18(27)23-20(4,5)6)21-8-7-12(29-21)14(15(21)19(25)28)17(26)22-13-9-11(3)30-24-13/h7-10,12,14-16H,1-6H3,(H,23,27)(H,22,24,26)/t12-,14+,15-,16+,21-/m0/s1. The van der Waals surface area contributed by atoms with E-state index in [2.05, 4.69) is 15.8 Å². The molecule has 0 unspecified atom stereocenters. The lowest BCUT2D eigenvalue weighted by molar-refractivity contribution is -0.143. The summed E-state index contributed by atoms with van der Waals surface area (Å²) in [4.78, 5) is 41.4. The second kappa shape index (κ2) is 6.66. The number of fused-ring (bicyclic) bond motifs is 1. The van der Waals surface area contributed by atoms with Crippen molar-refractivity contribution in [2.45, 2.75) is 70.9 Å². The number of aryl methyl sites for hydroxylation is 1. The van der Waals surface area contributed by atoms with Crippen LogP contribution in [-0.4, -0.2) is 57.1 Å². The molecular weight excluding hydrogens is 388 g/mol. The van der Waals surface area contributed by atoms with Crippen LogP contribution in [0.2, 0.25) is 0 Å². The van der Waals surface area contributed by atoms with E-state index in [-0.39, 0.29) is 29.6 Å². The van der Waals surface area contributed by atoms with Crippen LogP contribution in [0.1, 0.15) is 40.4 Å². The largest absolute Gasteiger partial charge is 0.360 e. The lowest BCUT2D eigenvalue weighted by Gasteiger charge is -2.36. The minimum atomic E-state index is -1.16. The topological polar surface area (TPSA) is 114 Å². The quantitative estimate of drug-likeness (QED) is 0.717. The summed E-state index contributed by atoms with van der Waals surface area (Å²) in [5.74, 6) is -1.60. The van der Waals surface area contributed by atoms with Crippen molar-refractivity contribution in [2.24, 2.45) is 11.8 Å². The van der Waals surface area contributed by atoms with Gasteiger partial charge in [0.15, 0.2) is 5.82 Å². The van der Waals surface area contributed by atoms with Gasteiger partial charge in [0.05, 0.1) is 17.9 Å². The van der Waals surface area contributed by atoms with E-state index in [1.54, 1.807) is 30.0 Å². The molecule has 9 heteroatoms. The normalized spacial score (nSPS) is 32.1. The first kappa shape index (κ1) is 20.6. The summed E-state index contributed by atoms with van der Waals surface area (Å²) in [6, 6.07) is 0.530. The van der Waals surface area contributed by atoms with Crippen molar-refractivity contribution in [3.05, 3.63) is 24.0 Å². The summed E-state index contributed by atoms with van der Waals surface area (Å²) in [6.45, 7) is 11.1. The number of likely N-dealkylation sites (tertiary alicyclic amines) is 1. The number of aromatic nitrogens is 1. The van der Waals surface area contributed by atoms with Gasteiger partial charge in [-0.15, -0.1) is 0 Å². The van der Waals surface area contributed by atoms with Crippen molar-refractivity contribution in [3.8, 4) is 0 Å². The van der Waals surface area contributed by atoms with Crippen molar-refractivity contribution in [1.82, 2.24) is 15.4 Å². The second-order valence-corrected chi connectivity index (χ2v) is 9.59. The van der Waals surface area contributed by atoms with Crippen LogP contribution in [0.3, 0.4) is 0 Å². The Morgan fingerprint density at radius 3 is 2.53 bits per heavy atom. The molecule has 0 aromatic carbocycles. The summed E-state index contributed by atoms with van der Waals surface area (Å²) < 4.78 is 11.2. The monoisotopic (exact) mass is 416 g/mol. The van der Waals surface area contributed by atoms with Crippen molar-refractivity contribution in [3.63, 3.8) is 0 Å². The highest BCUT2D eigenvalue weighted by atomic mass is 16.5. The zero-order chi connectivity index (χ0) is 22.0. The second-order valence-electron chi connectivity index (χ2n) is 9.59. The van der Waals surface area contributed by atoms with Gasteiger partial charge in [0.1, 0.15) is 17.4 Å². The van der Waals surface area contributed by atoms with Crippen LogP contribution in [-0.2, 0) is 19.1 Å². The number of hydrogen-bond acceptors (Lipinski definition) is 6. The Kier molecular flexibility index (Phi) is 4.57. The maximum Gasteiger partial charge on any atom is 0.246 e. The number of hydrogen-bond donors (Lipinski definition) is 2. The highest BCUT2D eigenvalue weighted by Gasteiger charge is 2.73. The first-order chi connectivity index (χ1) is 13.9. The van der Waals surface area contributed by atoms with Crippen LogP contribution in [0.15, 0.2) is 22.7 Å². The minimum absolute atomic E-state index is 0.230. The molecule has 0 aliphatic carbocycles. The van der Waals surface area contributed by atoms with Crippen molar-refractivity contribution < 1.29 is 23.6 Å². The highest BCUT2D eigenvalue weighted by Crippen LogP contribution is 2.55. The zero-order valence-corrected chi connectivity index (χ0v) is 18.1. The first-order valence-electron chi connectivity index (χ1n) is 10.2. The molecule has 0 radical (unpaired) electrons. The molecule has 2 saturated heterocycles. The van der Waals surface area contributed by atoms with Crippen LogP contribution in [0.25, 0.3) is 0 Å². The van der Waals surface area contributed by atoms with Gasteiger partial charge in [-0.1, -0.05) is 17.3 Å². The molecular formula is C21H28N4O5. The number of nitrogens with one attached hydrogen (secondary N) is 2. The molecule has 1 aromatic heterocycles. The van der Waals surface area contributed by atoms with Gasteiger partial charge in [0, 0.05) is 17.6 Å². The fourth-order valence-electron chi connectivity index (χ4n) is 4.83. The third-order valence-corrected chi connectivity index (χ3v) is 5.80. The molecule has 1 spiro atoms. The summed E-state index contributed by atoms with van der Waals surface area (Å²) in [7, 11) is 0. The summed E-state index contributed by atoms with van der Waals surface area (Å²) in [6.07, 6.45) is 2.99. The molecule has 2 fully saturated rings. The van der Waals surface area contributed by atoms with Gasteiger partial charge in [0.2, 0.25) is 17.7 Å². The van der Waals surface area contributed by atoms with E-state index in [9.17, 15) is 14.4 Å². The smallest absolute Gasteiger partial charge is 0.246 e. The third kappa shape index (κ3) is 3.03. The molecule has 1 aromatic rings. The van der Waals surface area contributed by atoms with Crippen molar-refractivity contribution >= 4 is 23.5 Å². The maximum absolute atomic E-state index is 13.5. The molecule has 2 N–H and O–H groups in total. The third-order valence-electron chi connectivity index (χ3n) is 5.80. The number of anilines is 1. The SMILES string of the molecule is Cc1cc(NC(=O)[C@@H]2[C@@H]3C=C[C@]4(O3)[C@@H]2C(=O)N(C(C)C)[C@@H]4C(=O)NC(C)(C)C)no1. The van der Waals surface area contributed by atoms with Gasteiger partial charge in [-0.25, -0.2) is 0 Å². The highest BCUT2D eigenvalue weighted by molar-refractivity contribution is 6.02. The molecule has 4 heterocycles. The average Bonchev–Trinajstić information content (AvgIpc) is 3.33. The average molecular weight is 416 g/mol. The maximum atomic E-state index is 13.5. The van der Waals surface area contributed by atoms with Crippen LogP contribution in [0.4, 0.5) is 5.82 Å². The number of carbonyl (C=O) groups excluding carboxylic acids is 3. The van der Waals surface area contributed by atoms with E-state index < -0.39 is 35.1 Å². The number of carbonyl (C=O) groups is 3. The summed E-state index contributed by atoms with van der Waals surface area (Å²) >= 11 is 0. The predicted octanol–water partition coefficient (Wildman–Crippen LogP) is 1.40. The molecule has 2 bridgehead atoms. The van der Waals surface area contributed by atoms with Crippen LogP contribution >= 0.6 is 0 Å². The lowest BCUT2D eigenvalue weighted by atomic mass is 9.74. The van der Waals surface area contributed by atoms with Crippen molar-refractivity contribution in [2.75, 3.05) is 5.32 Å². The number of ether oxygens (including phenoxy) is 1. The van der Waals surface area contributed by atoms with E-state index in [4.69, 9.17) is 9.26 Å². The molecule has 3 aliphatic rings. The van der Waals surface area contributed by atoms with Gasteiger partial charge in [-0.05, 0) is 41.5 Å². The first-order valence-corrected chi connectivity index (χ1v) is 10.2. The van der Waals surface area contributed by atoms with Gasteiger partial charge >= 0.3 is 0 Å². The van der Waals surface area contributed by atoms with E-state index in [0.717, 1.165) is 0 Å². The van der Waals surface area contributed by atoms with Crippen LogP contribution in [0, 0.1) is 18.8 Å². The molecule has 0 saturated carbocycles. The molecule has 3 amide bonds. The zero-order valence-electron chi connectivity index (χ0n) is 18.1. The predicted molar refractivity (Wildman–Crippen MR) is 107 cm³/mol. The van der Waals surface area contributed by atoms with Crippen LogP contribution in [0.5, 0.6) is 0 Å². The number of nitrogens with zero attached hydrogens (tertiary/aromatic N) is 2. The molecule has 3 aliphatic heterocycles. The molecule has 30 heavy (non-hydrogen) atoms. The number of amides is 3. The molecule has 9 nitrogen and oxygen atoms in total. The fraction of sp³-hybridized carbons (Fsp3) is 0.619. The molecule has 162 valence electrons. The van der Waals surface area contributed by atoms with Gasteiger partial charge in [-0.3, -0.25) is 14.4 Å². The minimum Gasteiger partial charge on any atom is -0.360 e. The van der Waals surface area contributed by atoms with Crippen LogP contribution < -0.4 is 10.6 Å². The van der Waals surface area contributed by atoms with E-state index in [1.165, 1.54) is 0 Å². The molecule has 4 rings (SSSR count). The lowest BCUT2D eigenvalue weighted by Crippen LogP contribution is -2.59. The Bertz CT molecular complexity index is 930. The Labute approximate surface area is 175 Å². The Morgan fingerprint density at radius 2 is 1.97 bits per heavy atom.